The van der Waals surface area contributed by atoms with Gasteiger partial charge in [-0.3, -0.25) is 4.79 Å². The average Bonchev–Trinajstić information content (AvgIpc) is 3.45. The standard InChI is InChI=1S/C34H27ClN4O3/c1-2-41-31-17-15-29(16-18-31)37-34(40)26(21-36)19-27-22-39(30-8-4-3-5-9-30)38-33(27)25-7-6-10-32(20-25)42-23-24-11-13-28(35)14-12-24/h3-20,22H,2,23H2,1H3,(H,37,40). The topological polar surface area (TPSA) is 89.2 Å². The van der Waals surface area contributed by atoms with Gasteiger partial charge >= 0.3 is 0 Å². The number of carbonyl (C=O) groups is 1. The first-order valence-corrected chi connectivity index (χ1v) is 13.7. The molecule has 1 N–H and O–H groups in total. The van der Waals surface area contributed by atoms with E-state index < -0.39 is 5.91 Å². The molecule has 0 aliphatic carbocycles. The van der Waals surface area contributed by atoms with Crippen molar-refractivity contribution in [2.24, 2.45) is 0 Å². The second-order valence-electron chi connectivity index (χ2n) is 9.24. The molecule has 208 valence electrons. The summed E-state index contributed by atoms with van der Waals surface area (Å²) in [6, 6.07) is 33.7. The number of nitriles is 1. The Labute approximate surface area is 249 Å². The first-order valence-electron chi connectivity index (χ1n) is 13.3. The summed E-state index contributed by atoms with van der Waals surface area (Å²) in [5.74, 6) is 0.824. The molecule has 0 saturated heterocycles. The van der Waals surface area contributed by atoms with Crippen LogP contribution in [-0.2, 0) is 11.4 Å². The van der Waals surface area contributed by atoms with Crippen molar-refractivity contribution >= 4 is 29.3 Å². The first-order chi connectivity index (χ1) is 20.5. The first kappa shape index (κ1) is 28.2. The highest BCUT2D eigenvalue weighted by atomic mass is 35.5. The highest BCUT2D eigenvalue weighted by Crippen LogP contribution is 2.29. The Balaban J connectivity index is 1.45. The summed E-state index contributed by atoms with van der Waals surface area (Å²) >= 11 is 6.00. The molecule has 4 aromatic carbocycles. The Morgan fingerprint density at radius 2 is 1.71 bits per heavy atom. The van der Waals surface area contributed by atoms with Crippen molar-refractivity contribution in [3.05, 3.63) is 131 Å². The zero-order valence-electron chi connectivity index (χ0n) is 22.8. The van der Waals surface area contributed by atoms with Gasteiger partial charge in [-0.1, -0.05) is 54.1 Å². The van der Waals surface area contributed by atoms with E-state index in [1.807, 2.05) is 91.9 Å². The number of para-hydroxylation sites is 1. The minimum absolute atomic E-state index is 0.0621. The second kappa shape index (κ2) is 13.4. The number of amides is 1. The number of halogens is 1. The maximum absolute atomic E-state index is 13.1. The molecule has 0 atom stereocenters. The smallest absolute Gasteiger partial charge is 0.266 e. The molecule has 5 aromatic rings. The van der Waals surface area contributed by atoms with Crippen LogP contribution in [0.25, 0.3) is 23.0 Å². The SMILES string of the molecule is CCOc1ccc(NC(=O)C(C#N)=Cc2cn(-c3ccccc3)nc2-c2cccc(OCc3ccc(Cl)cc3)c2)cc1. The van der Waals surface area contributed by atoms with Gasteiger partial charge in [0, 0.05) is 28.0 Å². The summed E-state index contributed by atoms with van der Waals surface area (Å²) in [4.78, 5) is 13.1. The van der Waals surface area contributed by atoms with Gasteiger partial charge in [0.1, 0.15) is 35.4 Å². The largest absolute Gasteiger partial charge is 0.494 e. The van der Waals surface area contributed by atoms with Gasteiger partial charge < -0.3 is 14.8 Å². The van der Waals surface area contributed by atoms with Crippen molar-refractivity contribution in [2.75, 3.05) is 11.9 Å². The molecule has 0 aliphatic rings. The third kappa shape index (κ3) is 7.05. The van der Waals surface area contributed by atoms with Gasteiger partial charge in [-0.05, 0) is 79.2 Å². The van der Waals surface area contributed by atoms with Crippen molar-refractivity contribution in [3.63, 3.8) is 0 Å². The summed E-state index contributed by atoms with van der Waals surface area (Å²) < 4.78 is 13.2. The normalized spacial score (nSPS) is 11.0. The third-order valence-corrected chi connectivity index (χ3v) is 6.53. The van der Waals surface area contributed by atoms with Crippen LogP contribution in [0.4, 0.5) is 5.69 Å². The molecule has 42 heavy (non-hydrogen) atoms. The maximum Gasteiger partial charge on any atom is 0.266 e. The van der Waals surface area contributed by atoms with E-state index in [1.165, 1.54) is 0 Å². The molecule has 5 rings (SSSR count). The third-order valence-electron chi connectivity index (χ3n) is 6.28. The van der Waals surface area contributed by atoms with E-state index >= 15 is 0 Å². The molecule has 0 saturated carbocycles. The molecule has 0 aliphatic heterocycles. The van der Waals surface area contributed by atoms with Crippen LogP contribution in [0.5, 0.6) is 11.5 Å². The number of ether oxygens (including phenoxy) is 2. The Hall–Kier alpha value is -5.32. The molecular weight excluding hydrogens is 548 g/mol. The molecule has 1 aromatic heterocycles. The number of hydrogen-bond acceptors (Lipinski definition) is 5. The molecule has 1 heterocycles. The van der Waals surface area contributed by atoms with Crippen molar-refractivity contribution in [1.82, 2.24) is 9.78 Å². The highest BCUT2D eigenvalue weighted by Gasteiger charge is 2.16. The Morgan fingerprint density at radius 3 is 2.43 bits per heavy atom. The van der Waals surface area contributed by atoms with Crippen molar-refractivity contribution < 1.29 is 14.3 Å². The fourth-order valence-corrected chi connectivity index (χ4v) is 4.34. The van der Waals surface area contributed by atoms with Crippen LogP contribution in [0.3, 0.4) is 0 Å². The Bertz CT molecular complexity index is 1740. The molecule has 0 fully saturated rings. The summed E-state index contributed by atoms with van der Waals surface area (Å²) in [5, 5.41) is 18.2. The summed E-state index contributed by atoms with van der Waals surface area (Å²) in [7, 11) is 0. The van der Waals surface area contributed by atoms with E-state index in [1.54, 1.807) is 41.2 Å². The number of hydrogen-bond donors (Lipinski definition) is 1. The van der Waals surface area contributed by atoms with Crippen molar-refractivity contribution in [3.8, 4) is 34.5 Å². The molecule has 0 radical (unpaired) electrons. The van der Waals surface area contributed by atoms with E-state index in [4.69, 9.17) is 26.2 Å². The van der Waals surface area contributed by atoms with E-state index in [0.717, 1.165) is 16.8 Å². The summed E-state index contributed by atoms with van der Waals surface area (Å²) in [6.07, 6.45) is 3.35. The molecule has 8 heteroatoms. The van der Waals surface area contributed by atoms with Gasteiger partial charge in [0.15, 0.2) is 0 Å². The number of rotatable bonds is 10. The van der Waals surface area contributed by atoms with E-state index in [0.29, 0.717) is 46.7 Å². The molecule has 0 bridgehead atoms. The molecule has 0 unspecified atom stereocenters. The number of carbonyl (C=O) groups excluding carboxylic acids is 1. The number of nitrogens with zero attached hydrogens (tertiary/aromatic N) is 3. The predicted octanol–water partition coefficient (Wildman–Crippen LogP) is 7.72. The fourth-order valence-electron chi connectivity index (χ4n) is 4.21. The van der Waals surface area contributed by atoms with Gasteiger partial charge in [0.2, 0.25) is 0 Å². The monoisotopic (exact) mass is 574 g/mol. The van der Waals surface area contributed by atoms with E-state index in [9.17, 15) is 10.1 Å². The summed E-state index contributed by atoms with van der Waals surface area (Å²) in [5.41, 5.74) is 4.28. The van der Waals surface area contributed by atoms with Gasteiger partial charge in [0.25, 0.3) is 5.91 Å². The minimum atomic E-state index is -0.528. The number of nitrogens with one attached hydrogen (secondary N) is 1. The van der Waals surface area contributed by atoms with Crippen LogP contribution < -0.4 is 14.8 Å². The Morgan fingerprint density at radius 1 is 0.952 bits per heavy atom. The fraction of sp³-hybridized carbons (Fsp3) is 0.0882. The lowest BCUT2D eigenvalue weighted by atomic mass is 10.1. The maximum atomic E-state index is 13.1. The average molecular weight is 575 g/mol. The summed E-state index contributed by atoms with van der Waals surface area (Å²) in [6.45, 7) is 2.82. The van der Waals surface area contributed by atoms with Crippen LogP contribution in [-0.4, -0.2) is 22.3 Å². The molecular formula is C34H27ClN4O3. The minimum Gasteiger partial charge on any atom is -0.494 e. The lowest BCUT2D eigenvalue weighted by Crippen LogP contribution is -2.13. The van der Waals surface area contributed by atoms with Gasteiger partial charge in [-0.15, -0.1) is 0 Å². The number of benzene rings is 4. The van der Waals surface area contributed by atoms with Crippen LogP contribution in [0.2, 0.25) is 5.02 Å². The van der Waals surface area contributed by atoms with Crippen LogP contribution in [0, 0.1) is 11.3 Å². The molecule has 7 nitrogen and oxygen atoms in total. The lowest BCUT2D eigenvalue weighted by molar-refractivity contribution is -0.112. The number of anilines is 1. The van der Waals surface area contributed by atoms with Crippen molar-refractivity contribution in [2.45, 2.75) is 13.5 Å². The van der Waals surface area contributed by atoms with Crippen molar-refractivity contribution in [1.29, 1.82) is 5.26 Å². The van der Waals surface area contributed by atoms with Gasteiger partial charge in [0.05, 0.1) is 12.3 Å². The second-order valence-corrected chi connectivity index (χ2v) is 9.67. The predicted molar refractivity (Wildman–Crippen MR) is 165 cm³/mol. The van der Waals surface area contributed by atoms with Gasteiger partial charge in [-0.2, -0.15) is 10.4 Å². The zero-order chi connectivity index (χ0) is 29.3. The lowest BCUT2D eigenvalue weighted by Gasteiger charge is -2.08. The Kier molecular flexibility index (Phi) is 8.97. The zero-order valence-corrected chi connectivity index (χ0v) is 23.6. The highest BCUT2D eigenvalue weighted by molar-refractivity contribution is 6.30. The van der Waals surface area contributed by atoms with Gasteiger partial charge in [-0.25, -0.2) is 4.68 Å². The quantitative estimate of drug-likeness (QED) is 0.136. The van der Waals surface area contributed by atoms with Crippen LogP contribution in [0.1, 0.15) is 18.1 Å². The van der Waals surface area contributed by atoms with E-state index in [-0.39, 0.29) is 5.57 Å². The van der Waals surface area contributed by atoms with Crippen LogP contribution in [0.15, 0.2) is 115 Å². The molecule has 0 spiro atoms. The van der Waals surface area contributed by atoms with Crippen LogP contribution >= 0.6 is 11.6 Å². The number of aromatic nitrogens is 2. The van der Waals surface area contributed by atoms with E-state index in [2.05, 4.69) is 5.32 Å². The molecule has 1 amide bonds.